The third-order valence-electron chi connectivity index (χ3n) is 21.5. The van der Waals surface area contributed by atoms with Crippen LogP contribution in [0, 0.1) is 29.6 Å². The molecule has 1 saturated carbocycles. The molecule has 3 aromatic rings. The molecule has 1 aromatic heterocycles. The summed E-state index contributed by atoms with van der Waals surface area (Å²) in [5.41, 5.74) is 7.07. The van der Waals surface area contributed by atoms with Crippen LogP contribution in [0.25, 0.3) is 0 Å². The number of anilines is 1. The summed E-state index contributed by atoms with van der Waals surface area (Å²) in [5.74, 6) is -9.23. The Kier molecular flexibility index (Phi) is 34.6. The number of piperidine rings is 1. The highest BCUT2D eigenvalue weighted by atomic mass is 32.1. The fourth-order valence-corrected chi connectivity index (χ4v) is 16.0. The van der Waals surface area contributed by atoms with Crippen LogP contribution in [-0.2, 0) is 96.1 Å². The number of carbonyl (C=O) groups is 14. The van der Waals surface area contributed by atoms with Gasteiger partial charge >= 0.3 is 18.1 Å². The molecule has 7 rings (SSSR count). The van der Waals surface area contributed by atoms with Gasteiger partial charge in [-0.3, -0.25) is 67.3 Å². The second kappa shape index (κ2) is 43.4. The summed E-state index contributed by atoms with van der Waals surface area (Å²) in [5, 5.41) is 31.6. The predicted octanol–water partition coefficient (Wildman–Crippen LogP) is 4.47. The minimum absolute atomic E-state index is 0.0109. The smallest absolute Gasteiger partial charge is 0.411 e. The molecule has 3 aliphatic heterocycles. The molecule has 3 fully saturated rings. The number of aromatic nitrogens is 1. The van der Waals surface area contributed by atoms with E-state index in [2.05, 4.69) is 42.2 Å². The molecule has 0 spiro atoms. The van der Waals surface area contributed by atoms with Crippen molar-refractivity contribution in [2.75, 3.05) is 66.5 Å². The lowest BCUT2D eigenvalue weighted by Gasteiger charge is -2.41. The zero-order valence-corrected chi connectivity index (χ0v) is 67.6. The number of nitrogens with zero attached hydrogens (tertiary/aromatic N) is 6. The van der Waals surface area contributed by atoms with E-state index < -0.39 is 169 Å². The van der Waals surface area contributed by atoms with Gasteiger partial charge in [0.2, 0.25) is 53.2 Å². The van der Waals surface area contributed by atoms with Gasteiger partial charge < -0.3 is 81.7 Å². The lowest BCUT2D eigenvalue weighted by atomic mass is 9.89. The van der Waals surface area contributed by atoms with Gasteiger partial charge in [0.15, 0.2) is 0 Å². The third-order valence-corrected chi connectivity index (χ3v) is 22.4. The van der Waals surface area contributed by atoms with Crippen LogP contribution >= 0.6 is 11.3 Å². The summed E-state index contributed by atoms with van der Waals surface area (Å²) < 4.78 is 23.9. The fraction of sp³-hybridized carbons (Fsp3) is 0.608. The van der Waals surface area contributed by atoms with Crippen LogP contribution in [0.15, 0.2) is 72.3 Å². The molecule has 33 nitrogen and oxygen atoms in total. The van der Waals surface area contributed by atoms with Gasteiger partial charge in [0.25, 0.3) is 11.8 Å². The number of likely N-dealkylation sites (N-methyl/N-ethyl adjacent to an activating group) is 2. The van der Waals surface area contributed by atoms with Crippen LogP contribution in [0.2, 0.25) is 0 Å². The van der Waals surface area contributed by atoms with Crippen LogP contribution < -0.4 is 43.0 Å². The van der Waals surface area contributed by atoms with Crippen molar-refractivity contribution in [1.82, 2.24) is 61.4 Å². The van der Waals surface area contributed by atoms with Gasteiger partial charge in [-0.25, -0.2) is 14.6 Å². The maximum absolute atomic E-state index is 15.2. The number of aliphatic carboxylic acids is 1. The van der Waals surface area contributed by atoms with Gasteiger partial charge in [-0.05, 0) is 110 Å². The van der Waals surface area contributed by atoms with E-state index >= 15 is 9.59 Å². The zero-order valence-electron chi connectivity index (χ0n) is 66.8. The van der Waals surface area contributed by atoms with Crippen LogP contribution in [0.4, 0.5) is 15.3 Å². The van der Waals surface area contributed by atoms with E-state index in [1.807, 2.05) is 49.6 Å². The van der Waals surface area contributed by atoms with Crippen molar-refractivity contribution < 1.29 is 91.2 Å². The highest BCUT2D eigenvalue weighted by Crippen LogP contribution is 2.43. The topological polar surface area (TPSA) is 435 Å². The van der Waals surface area contributed by atoms with Crippen molar-refractivity contribution in [2.45, 2.75) is 219 Å². The summed E-state index contributed by atoms with van der Waals surface area (Å²) in [6, 6.07) is 5.62. The number of hydrogen-bond acceptors (Lipinski definition) is 20. The van der Waals surface area contributed by atoms with Crippen molar-refractivity contribution in [3.8, 4) is 0 Å². The molecule has 2 saturated heterocycles. The predicted molar refractivity (Wildman–Crippen MR) is 416 cm³/mol. The third kappa shape index (κ3) is 25.3. The number of likely N-dealkylation sites (tertiary alicyclic amines) is 2. The fourth-order valence-electron chi connectivity index (χ4n) is 15.3. The Morgan fingerprint density at radius 2 is 1.48 bits per heavy atom. The molecule has 4 aliphatic rings. The van der Waals surface area contributed by atoms with Crippen LogP contribution in [-0.4, -0.2) is 239 Å². The highest BCUT2D eigenvalue weighted by Gasteiger charge is 2.53. The minimum atomic E-state index is -1.31. The zero-order chi connectivity index (χ0) is 82.9. The molecular formula is C79H114N14O19S. The van der Waals surface area contributed by atoms with E-state index in [1.54, 1.807) is 64.8 Å². The number of amides is 14. The van der Waals surface area contributed by atoms with Gasteiger partial charge in [0.05, 0.1) is 62.4 Å². The van der Waals surface area contributed by atoms with Crippen LogP contribution in [0.5, 0.6) is 0 Å². The lowest BCUT2D eigenvalue weighted by Crippen LogP contribution is -2.60. The van der Waals surface area contributed by atoms with Gasteiger partial charge in [-0.1, -0.05) is 91.3 Å². The molecule has 113 heavy (non-hydrogen) atoms. The number of fused-ring (bicyclic) bond motifs is 2. The summed E-state index contributed by atoms with van der Waals surface area (Å²) in [6.45, 7) is 13.4. The Labute approximate surface area is 664 Å². The molecular weight excluding hydrogens is 1480 g/mol. The van der Waals surface area contributed by atoms with Crippen molar-refractivity contribution in [3.63, 3.8) is 0 Å². The summed E-state index contributed by atoms with van der Waals surface area (Å²) in [7, 11) is 6.08. The van der Waals surface area contributed by atoms with Crippen molar-refractivity contribution in [2.24, 2.45) is 35.3 Å². The number of nitrogens with one attached hydrogen (secondary N) is 7. The van der Waals surface area contributed by atoms with Gasteiger partial charge in [-0.2, -0.15) is 0 Å². The molecule has 0 unspecified atom stereocenters. The number of rotatable bonds is 44. The Morgan fingerprint density at radius 3 is 2.11 bits per heavy atom. The molecule has 0 radical (unpaired) electrons. The Balaban J connectivity index is 1.06. The number of methoxy groups -OCH3 is 2. The molecule has 2 aromatic carbocycles. The lowest BCUT2D eigenvalue weighted by molar-refractivity contribution is -0.148. The van der Waals surface area contributed by atoms with Crippen molar-refractivity contribution >= 4 is 100 Å². The number of primary amides is 1. The Hall–Kier alpha value is -9.93. The van der Waals surface area contributed by atoms with Crippen molar-refractivity contribution in [1.29, 1.82) is 0 Å². The average molecular weight is 1600 g/mol. The quantitative estimate of drug-likeness (QED) is 0.0278. The highest BCUT2D eigenvalue weighted by molar-refractivity contribution is 7.09. The van der Waals surface area contributed by atoms with Crippen LogP contribution in [0.3, 0.4) is 0 Å². The van der Waals surface area contributed by atoms with Gasteiger partial charge in [-0.15, -0.1) is 11.3 Å². The van der Waals surface area contributed by atoms with E-state index in [1.165, 1.54) is 60.4 Å². The summed E-state index contributed by atoms with van der Waals surface area (Å²) in [6.07, 6.45) is 4.65. The van der Waals surface area contributed by atoms with E-state index in [4.69, 9.17) is 24.7 Å². The average Bonchev–Trinajstić information content (AvgIpc) is 1.60. The van der Waals surface area contributed by atoms with Gasteiger partial charge in [0, 0.05) is 103 Å². The number of nitrogens with two attached hydrogens (primary N) is 1. The van der Waals surface area contributed by atoms with E-state index in [-0.39, 0.29) is 99.9 Å². The maximum Gasteiger partial charge on any atom is 0.411 e. The summed E-state index contributed by atoms with van der Waals surface area (Å²) >= 11 is 1.45. The molecule has 1 aliphatic carbocycles. The number of carboxylic acids is 1. The Morgan fingerprint density at radius 1 is 0.770 bits per heavy atom. The summed E-state index contributed by atoms with van der Waals surface area (Å²) in [4.78, 5) is 201. The number of ether oxygens (including phenoxy) is 4. The molecule has 10 N–H and O–H groups in total. The molecule has 14 amide bonds. The minimum Gasteiger partial charge on any atom is -0.481 e. The van der Waals surface area contributed by atoms with Gasteiger partial charge in [0.1, 0.15) is 41.8 Å². The first-order valence-corrected chi connectivity index (χ1v) is 39.7. The number of carbonyl (C=O) groups excluding carboxylic acids is 13. The molecule has 14 atom stereocenters. The molecule has 620 valence electrons. The first kappa shape index (κ1) is 90.3. The number of urea groups is 1. The molecule has 4 heterocycles. The first-order valence-electron chi connectivity index (χ1n) is 38.8. The molecule has 34 heteroatoms. The maximum atomic E-state index is 15.2. The number of carboxylic acid groups (broad SMARTS) is 1. The van der Waals surface area contributed by atoms with E-state index in [0.29, 0.717) is 57.1 Å². The van der Waals surface area contributed by atoms with Crippen molar-refractivity contribution in [3.05, 3.63) is 94.0 Å². The first-order chi connectivity index (χ1) is 53.8. The van der Waals surface area contributed by atoms with E-state index in [0.717, 1.165) is 27.6 Å². The molecule has 2 bridgehead atoms. The second-order valence-electron chi connectivity index (χ2n) is 30.2. The number of imide groups is 1. The Bertz CT molecular complexity index is 3830. The monoisotopic (exact) mass is 1590 g/mol. The number of benzene rings is 2. The standard InChI is InChI=1S/C79H114N14O19S/c1-13-47(6)68(60(109-11)42-64(98)91-34-18-22-59(91)70(110-12)48(7)71(101)86-58(75-81-33-38-113-75)39-50-19-15-14-16-20-50)90(10)77(106)67(46(4)5)88-74(104)69-51-24-26-55(41-51)93(69)79(108)112-44-52-23-25-54(40-53(52)43-89(9)76(105)57(83-49(8)94)27-30-65(99)100)84-72(102)56(21-17-32-82-78(80)107)85-73(103)66(45(2)3)87-61(95)31-36-111-37-35-92-62(96)28-29-63(92)97/h14-16,19-20,23,25,28-29,33,38,40,45-48,51,55-60,66-70H,13,17-18,21-22,24,26-27,30-32,34-37,39,41-44H2,1-12H3,(H,83,94)(H,84,102)(H,85,103)(H,86,101)(H,87,95)(H,88,104)(H,99,100)(H3,80,82,107)/t47-,48+,51-,55+,56-,57+,58-,59-,60+,66-,67-,68-,69-,70+/m0/s1. The van der Waals surface area contributed by atoms with Crippen LogP contribution in [0.1, 0.15) is 160 Å². The number of hydrogen-bond donors (Lipinski definition) is 9. The SMILES string of the molecule is CC[C@H](C)[C@@H]([C@@H](CC(=O)N1CCC[C@H]1[C@H](OC)[C@@H](C)C(=O)N[C@@H](Cc1ccccc1)c1nccs1)OC)N(C)C(=O)[C@@H](NC(=O)[C@@H]1[C@H]2CC[C@H](C2)N1C(=O)OCc1ccc(NC(=O)[C@H](CCCNC(N)=O)NC(=O)[C@@H](NC(=O)CCOCCN2C(=O)C=CC2=O)C(C)C)cc1CN(C)C(=O)[C@@H](CCC(=O)O)NC(C)=O)C(C)C. The largest absolute Gasteiger partial charge is 0.481 e. The second-order valence-corrected chi connectivity index (χ2v) is 31.2. The normalized spacial score (nSPS) is 19.1. The van der Waals surface area contributed by atoms with E-state index in [9.17, 15) is 62.6 Å². The number of thiazole rings is 1.